The number of sulfonamides is 1. The molecule has 29 heavy (non-hydrogen) atoms. The van der Waals surface area contributed by atoms with Crippen molar-refractivity contribution >= 4 is 21.6 Å². The zero-order chi connectivity index (χ0) is 20.4. The third kappa shape index (κ3) is 3.95. The van der Waals surface area contributed by atoms with Crippen LogP contribution in [0.15, 0.2) is 83.8 Å². The second-order valence-electron chi connectivity index (χ2n) is 7.20. The molecule has 3 aromatic rings. The van der Waals surface area contributed by atoms with Crippen molar-refractivity contribution in [1.82, 2.24) is 4.31 Å². The molecule has 148 valence electrons. The van der Waals surface area contributed by atoms with Crippen molar-refractivity contribution in [3.63, 3.8) is 0 Å². The number of carbonyl (C=O) groups excluding carboxylic acids is 1. The highest BCUT2D eigenvalue weighted by molar-refractivity contribution is 7.89. The van der Waals surface area contributed by atoms with Gasteiger partial charge in [-0.3, -0.25) is 4.79 Å². The molecular formula is C23H22N2O3S. The van der Waals surface area contributed by atoms with Crippen molar-refractivity contribution in [2.75, 3.05) is 11.4 Å². The second-order valence-corrected chi connectivity index (χ2v) is 9.10. The molecule has 0 fully saturated rings. The minimum Gasteiger partial charge on any atom is -0.305 e. The zero-order valence-electron chi connectivity index (χ0n) is 16.2. The molecule has 3 aromatic carbocycles. The SMILES string of the molecule is Cc1cccc(CN2CC(=O)N(Cc3ccccc3)c3ccccc3S2(=O)=O)c1. The van der Waals surface area contributed by atoms with Crippen LogP contribution >= 0.6 is 0 Å². The first-order valence-electron chi connectivity index (χ1n) is 9.44. The third-order valence-electron chi connectivity index (χ3n) is 5.01. The molecule has 0 bridgehead atoms. The first-order chi connectivity index (χ1) is 13.9. The van der Waals surface area contributed by atoms with Gasteiger partial charge in [-0.2, -0.15) is 4.31 Å². The fourth-order valence-electron chi connectivity index (χ4n) is 3.59. The van der Waals surface area contributed by atoms with Crippen LogP contribution in [-0.4, -0.2) is 25.2 Å². The van der Waals surface area contributed by atoms with Crippen LogP contribution in [0.1, 0.15) is 16.7 Å². The van der Waals surface area contributed by atoms with Gasteiger partial charge in [0, 0.05) is 6.54 Å². The number of benzene rings is 3. The summed E-state index contributed by atoms with van der Waals surface area (Å²) in [5, 5.41) is 0. The first kappa shape index (κ1) is 19.4. The van der Waals surface area contributed by atoms with E-state index in [4.69, 9.17) is 0 Å². The summed E-state index contributed by atoms with van der Waals surface area (Å²) in [4.78, 5) is 14.9. The Morgan fingerprint density at radius 2 is 1.52 bits per heavy atom. The molecule has 1 heterocycles. The molecule has 0 aliphatic carbocycles. The number of amides is 1. The minimum absolute atomic E-state index is 0.156. The van der Waals surface area contributed by atoms with Gasteiger partial charge in [0.15, 0.2) is 0 Å². The van der Waals surface area contributed by atoms with E-state index < -0.39 is 10.0 Å². The number of rotatable bonds is 4. The fraction of sp³-hybridized carbons (Fsp3) is 0.174. The quantitative estimate of drug-likeness (QED) is 0.663. The molecule has 0 radical (unpaired) electrons. The van der Waals surface area contributed by atoms with Crippen LogP contribution < -0.4 is 4.90 Å². The molecule has 0 saturated carbocycles. The Bertz CT molecular complexity index is 1140. The molecule has 1 amide bonds. The molecule has 0 aromatic heterocycles. The van der Waals surface area contributed by atoms with E-state index in [1.54, 1.807) is 29.2 Å². The lowest BCUT2D eigenvalue weighted by molar-refractivity contribution is -0.119. The van der Waals surface area contributed by atoms with Crippen LogP contribution in [0.4, 0.5) is 5.69 Å². The Hall–Kier alpha value is -2.96. The smallest absolute Gasteiger partial charge is 0.245 e. The Morgan fingerprint density at radius 1 is 0.828 bits per heavy atom. The Labute approximate surface area is 171 Å². The Morgan fingerprint density at radius 3 is 2.28 bits per heavy atom. The van der Waals surface area contributed by atoms with Crippen molar-refractivity contribution in [1.29, 1.82) is 0 Å². The van der Waals surface area contributed by atoms with Crippen molar-refractivity contribution in [3.05, 3.63) is 95.6 Å². The molecule has 0 saturated heterocycles. The van der Waals surface area contributed by atoms with Gasteiger partial charge in [0.25, 0.3) is 0 Å². The number of hydrogen-bond acceptors (Lipinski definition) is 3. The van der Waals surface area contributed by atoms with E-state index in [1.807, 2.05) is 61.5 Å². The van der Waals surface area contributed by atoms with Gasteiger partial charge in [-0.05, 0) is 30.2 Å². The predicted molar refractivity (Wildman–Crippen MR) is 113 cm³/mol. The lowest BCUT2D eigenvalue weighted by atomic mass is 10.1. The van der Waals surface area contributed by atoms with Gasteiger partial charge in [0.1, 0.15) is 4.90 Å². The highest BCUT2D eigenvalue weighted by Crippen LogP contribution is 2.33. The number of nitrogens with zero attached hydrogens (tertiary/aromatic N) is 2. The number of para-hydroxylation sites is 1. The summed E-state index contributed by atoms with van der Waals surface area (Å²) in [7, 11) is -3.82. The van der Waals surface area contributed by atoms with Gasteiger partial charge in [-0.15, -0.1) is 0 Å². The summed E-state index contributed by atoms with van der Waals surface area (Å²) < 4.78 is 28.1. The monoisotopic (exact) mass is 406 g/mol. The highest BCUT2D eigenvalue weighted by Gasteiger charge is 2.36. The van der Waals surface area contributed by atoms with E-state index >= 15 is 0 Å². The number of carbonyl (C=O) groups is 1. The zero-order valence-corrected chi connectivity index (χ0v) is 17.0. The van der Waals surface area contributed by atoms with E-state index in [9.17, 15) is 13.2 Å². The maximum Gasteiger partial charge on any atom is 0.245 e. The summed E-state index contributed by atoms with van der Waals surface area (Å²) in [6.07, 6.45) is 0. The lowest BCUT2D eigenvalue weighted by Gasteiger charge is -2.22. The fourth-order valence-corrected chi connectivity index (χ4v) is 5.16. The summed E-state index contributed by atoms with van der Waals surface area (Å²) in [6, 6.07) is 24.0. The molecule has 6 heteroatoms. The molecule has 5 nitrogen and oxygen atoms in total. The number of anilines is 1. The van der Waals surface area contributed by atoms with Crippen molar-refractivity contribution < 1.29 is 13.2 Å². The number of fused-ring (bicyclic) bond motifs is 1. The highest BCUT2D eigenvalue weighted by atomic mass is 32.2. The van der Waals surface area contributed by atoms with Gasteiger partial charge in [0.2, 0.25) is 15.9 Å². The van der Waals surface area contributed by atoms with E-state index in [0.29, 0.717) is 12.2 Å². The molecule has 0 N–H and O–H groups in total. The average molecular weight is 407 g/mol. The molecule has 4 rings (SSSR count). The summed E-state index contributed by atoms with van der Waals surface area (Å²) >= 11 is 0. The van der Waals surface area contributed by atoms with Crippen LogP contribution in [0.3, 0.4) is 0 Å². The molecule has 1 aliphatic heterocycles. The van der Waals surface area contributed by atoms with E-state index in [-0.39, 0.29) is 23.9 Å². The van der Waals surface area contributed by atoms with E-state index in [0.717, 1.165) is 16.7 Å². The summed E-state index contributed by atoms with van der Waals surface area (Å²) in [6.45, 7) is 2.24. The first-order valence-corrected chi connectivity index (χ1v) is 10.9. The number of aryl methyl sites for hydroxylation is 1. The normalized spacial score (nSPS) is 16.3. The van der Waals surface area contributed by atoms with Gasteiger partial charge in [0.05, 0.1) is 18.8 Å². The lowest BCUT2D eigenvalue weighted by Crippen LogP contribution is -2.38. The largest absolute Gasteiger partial charge is 0.305 e. The van der Waals surface area contributed by atoms with Crippen LogP contribution in [0.5, 0.6) is 0 Å². The minimum atomic E-state index is -3.82. The topological polar surface area (TPSA) is 57.7 Å². The maximum absolute atomic E-state index is 13.4. The molecule has 0 unspecified atom stereocenters. The van der Waals surface area contributed by atoms with Crippen LogP contribution in [0.2, 0.25) is 0 Å². The second kappa shape index (κ2) is 7.81. The van der Waals surface area contributed by atoms with E-state index in [2.05, 4.69) is 0 Å². The predicted octanol–water partition coefficient (Wildman–Crippen LogP) is 3.73. The molecule has 0 atom stereocenters. The van der Waals surface area contributed by atoms with Crippen molar-refractivity contribution in [3.8, 4) is 0 Å². The molecule has 0 spiro atoms. The number of hydrogen-bond donors (Lipinski definition) is 0. The van der Waals surface area contributed by atoms with E-state index in [1.165, 1.54) is 4.31 Å². The van der Waals surface area contributed by atoms with Crippen molar-refractivity contribution in [2.45, 2.75) is 24.9 Å². The standard InChI is InChI=1S/C23H22N2O3S/c1-18-8-7-11-20(14-18)15-24-17-23(26)25(16-19-9-3-2-4-10-19)21-12-5-6-13-22(21)29(24,27)28/h2-14H,15-17H2,1H3. The van der Waals surface area contributed by atoms with Crippen LogP contribution in [0.25, 0.3) is 0 Å². The van der Waals surface area contributed by atoms with Crippen LogP contribution in [0, 0.1) is 6.92 Å². The van der Waals surface area contributed by atoms with Crippen molar-refractivity contribution in [2.24, 2.45) is 0 Å². The van der Waals surface area contributed by atoms with Gasteiger partial charge < -0.3 is 4.90 Å². The molecule has 1 aliphatic rings. The summed E-state index contributed by atoms with van der Waals surface area (Å²) in [5.41, 5.74) is 3.27. The van der Waals surface area contributed by atoms with Gasteiger partial charge >= 0.3 is 0 Å². The maximum atomic E-state index is 13.4. The average Bonchev–Trinajstić information content (AvgIpc) is 2.78. The Kier molecular flexibility index (Phi) is 5.22. The van der Waals surface area contributed by atoms with Gasteiger partial charge in [-0.25, -0.2) is 8.42 Å². The van der Waals surface area contributed by atoms with Gasteiger partial charge in [-0.1, -0.05) is 72.3 Å². The summed E-state index contributed by atoms with van der Waals surface area (Å²) in [5.74, 6) is -0.241. The molecular weight excluding hydrogens is 384 g/mol. The Balaban J connectivity index is 1.75. The third-order valence-corrected chi connectivity index (χ3v) is 6.85. The van der Waals surface area contributed by atoms with Crippen LogP contribution in [-0.2, 0) is 27.9 Å².